The van der Waals surface area contributed by atoms with Gasteiger partial charge in [0.25, 0.3) is 0 Å². The number of thiocarbonyl (C=S) groups is 1. The molecule has 8 heavy (non-hydrogen) atoms. The first kappa shape index (κ1) is 4.70. The van der Waals surface area contributed by atoms with E-state index in [-0.39, 0.29) is 6.10 Å². The first-order valence-electron chi connectivity index (χ1n) is 2.78. The zero-order valence-corrected chi connectivity index (χ0v) is 5.20. The van der Waals surface area contributed by atoms with E-state index in [1.54, 1.807) is 0 Å². The summed E-state index contributed by atoms with van der Waals surface area (Å²) in [4.78, 5) is 0.904. The van der Waals surface area contributed by atoms with Gasteiger partial charge in [-0.3, -0.25) is 0 Å². The Balaban J connectivity index is 2.22. The molecular formula is C5H7NOS. The number of hydrogen-bond donors (Lipinski definition) is 1. The summed E-state index contributed by atoms with van der Waals surface area (Å²) in [5.74, 6) is 0. The second-order valence-corrected chi connectivity index (χ2v) is 2.70. The Hall–Kier alpha value is -0.150. The first-order chi connectivity index (χ1) is 3.86. The van der Waals surface area contributed by atoms with Gasteiger partial charge < -0.3 is 10.1 Å². The number of morpholine rings is 1. The lowest BCUT2D eigenvalue weighted by molar-refractivity contribution is 0.143. The van der Waals surface area contributed by atoms with Gasteiger partial charge in [-0.05, 0) is 0 Å². The summed E-state index contributed by atoms with van der Waals surface area (Å²) in [6.07, 6.45) is 1.36. The zero-order chi connectivity index (χ0) is 5.56. The van der Waals surface area contributed by atoms with Gasteiger partial charge in [0.1, 0.15) is 11.1 Å². The summed E-state index contributed by atoms with van der Waals surface area (Å²) in [5, 5.41) is 3.16. The lowest BCUT2D eigenvalue weighted by atomic mass is 10.3. The zero-order valence-electron chi connectivity index (χ0n) is 4.39. The summed E-state index contributed by atoms with van der Waals surface area (Å²) in [5.41, 5.74) is 0. The fourth-order valence-electron chi connectivity index (χ4n) is 1.20. The van der Waals surface area contributed by atoms with Crippen LogP contribution in [0.1, 0.15) is 6.42 Å². The van der Waals surface area contributed by atoms with Crippen LogP contribution in [0.3, 0.4) is 0 Å². The van der Waals surface area contributed by atoms with Crippen molar-refractivity contribution in [2.24, 2.45) is 0 Å². The highest BCUT2D eigenvalue weighted by atomic mass is 32.1. The van der Waals surface area contributed by atoms with Crippen molar-refractivity contribution < 1.29 is 4.74 Å². The van der Waals surface area contributed by atoms with E-state index in [9.17, 15) is 0 Å². The second-order valence-electron chi connectivity index (χ2n) is 2.26. The van der Waals surface area contributed by atoms with Gasteiger partial charge in [0, 0.05) is 6.42 Å². The van der Waals surface area contributed by atoms with Crippen LogP contribution >= 0.6 is 12.2 Å². The Morgan fingerprint density at radius 2 is 2.62 bits per heavy atom. The van der Waals surface area contributed by atoms with Crippen molar-refractivity contribution in [2.45, 2.75) is 18.6 Å². The van der Waals surface area contributed by atoms with Gasteiger partial charge in [-0.2, -0.15) is 0 Å². The first-order valence-corrected chi connectivity index (χ1v) is 3.19. The molecule has 0 spiro atoms. The molecule has 2 nitrogen and oxygen atoms in total. The molecule has 0 aliphatic carbocycles. The largest absolute Gasteiger partial charge is 0.372 e. The molecular weight excluding hydrogens is 122 g/mol. The van der Waals surface area contributed by atoms with E-state index in [1.165, 1.54) is 0 Å². The van der Waals surface area contributed by atoms with E-state index < -0.39 is 0 Å². The van der Waals surface area contributed by atoms with Crippen molar-refractivity contribution in [3.05, 3.63) is 0 Å². The maximum Gasteiger partial charge on any atom is 0.110 e. The van der Waals surface area contributed by atoms with Crippen LogP contribution in [0.4, 0.5) is 0 Å². The molecule has 0 aromatic rings. The molecule has 0 radical (unpaired) electrons. The molecule has 2 aliphatic rings. The van der Waals surface area contributed by atoms with Gasteiger partial charge in [0.05, 0.1) is 12.6 Å². The minimum Gasteiger partial charge on any atom is -0.372 e. The molecule has 0 aromatic heterocycles. The fourth-order valence-corrected chi connectivity index (χ4v) is 1.54. The van der Waals surface area contributed by atoms with Crippen LogP contribution in [0, 0.1) is 0 Å². The quantitative estimate of drug-likeness (QED) is 0.468. The van der Waals surface area contributed by atoms with E-state index in [0.717, 1.165) is 18.0 Å². The Kier molecular flexibility index (Phi) is 0.835. The SMILES string of the molecule is S=C1N[C@H]2CO[C@@H]1C2. The van der Waals surface area contributed by atoms with Crippen molar-refractivity contribution in [3.8, 4) is 0 Å². The van der Waals surface area contributed by atoms with Crippen LogP contribution < -0.4 is 5.32 Å². The van der Waals surface area contributed by atoms with Crippen LogP contribution in [0.25, 0.3) is 0 Å². The van der Waals surface area contributed by atoms with Crippen LogP contribution in [0.2, 0.25) is 0 Å². The van der Waals surface area contributed by atoms with Crippen LogP contribution in [0.5, 0.6) is 0 Å². The summed E-state index contributed by atoms with van der Waals surface area (Å²) in [6, 6.07) is 0.535. The molecule has 3 heteroatoms. The van der Waals surface area contributed by atoms with Crippen LogP contribution in [-0.4, -0.2) is 23.7 Å². The Bertz CT molecular complexity index is 136. The van der Waals surface area contributed by atoms with Crippen molar-refractivity contribution >= 4 is 17.2 Å². The van der Waals surface area contributed by atoms with Gasteiger partial charge >= 0.3 is 0 Å². The average molecular weight is 129 g/mol. The molecule has 0 unspecified atom stereocenters. The standard InChI is InChI=1S/C5H7NOS/c8-5-4-1-3(6-5)2-7-4/h3-4H,1-2H2,(H,6,8)/t3-,4-/m1/s1. The molecule has 1 N–H and O–H groups in total. The molecule has 2 fully saturated rings. The topological polar surface area (TPSA) is 21.3 Å². The van der Waals surface area contributed by atoms with Crippen molar-refractivity contribution in [1.29, 1.82) is 0 Å². The Labute approximate surface area is 53.2 Å². The monoisotopic (exact) mass is 129 g/mol. The normalized spacial score (nSPS) is 42.8. The van der Waals surface area contributed by atoms with Gasteiger partial charge in [0.15, 0.2) is 0 Å². The summed E-state index contributed by atoms with van der Waals surface area (Å²) < 4.78 is 5.26. The average Bonchev–Trinajstić information content (AvgIpc) is 2.23. The van der Waals surface area contributed by atoms with E-state index in [4.69, 9.17) is 17.0 Å². The predicted octanol–water partition coefficient (Wildman–Crippen LogP) is 0.0745. The van der Waals surface area contributed by atoms with Gasteiger partial charge in [-0.15, -0.1) is 0 Å². The van der Waals surface area contributed by atoms with Crippen molar-refractivity contribution in [3.63, 3.8) is 0 Å². The predicted molar refractivity (Wildman–Crippen MR) is 33.9 cm³/mol. The number of fused-ring (bicyclic) bond motifs is 2. The third-order valence-corrected chi connectivity index (χ3v) is 2.02. The van der Waals surface area contributed by atoms with Gasteiger partial charge in [0.2, 0.25) is 0 Å². The maximum absolute atomic E-state index is 5.26. The maximum atomic E-state index is 5.26. The van der Waals surface area contributed by atoms with Crippen LogP contribution in [0.15, 0.2) is 0 Å². The number of hydrogen-bond acceptors (Lipinski definition) is 2. The van der Waals surface area contributed by atoms with Crippen molar-refractivity contribution in [1.82, 2.24) is 5.32 Å². The van der Waals surface area contributed by atoms with E-state index >= 15 is 0 Å². The Morgan fingerprint density at radius 1 is 1.75 bits per heavy atom. The Morgan fingerprint density at radius 3 is 2.88 bits per heavy atom. The number of nitrogens with one attached hydrogen (secondary N) is 1. The highest BCUT2D eigenvalue weighted by Gasteiger charge is 2.35. The fraction of sp³-hybridized carbons (Fsp3) is 0.800. The minimum atomic E-state index is 0.259. The lowest BCUT2D eigenvalue weighted by Gasteiger charge is -2.12. The van der Waals surface area contributed by atoms with Crippen LogP contribution in [-0.2, 0) is 4.74 Å². The van der Waals surface area contributed by atoms with Crippen molar-refractivity contribution in [2.75, 3.05) is 6.61 Å². The summed E-state index contributed by atoms with van der Waals surface area (Å²) in [7, 11) is 0. The van der Waals surface area contributed by atoms with E-state index in [1.807, 2.05) is 0 Å². The highest BCUT2D eigenvalue weighted by Crippen LogP contribution is 2.20. The second kappa shape index (κ2) is 1.42. The van der Waals surface area contributed by atoms with E-state index in [0.29, 0.717) is 6.04 Å². The summed E-state index contributed by atoms with van der Waals surface area (Å²) >= 11 is 4.93. The molecule has 0 saturated carbocycles. The molecule has 44 valence electrons. The van der Waals surface area contributed by atoms with Gasteiger partial charge in [-0.1, -0.05) is 12.2 Å². The molecule has 2 heterocycles. The molecule has 2 atom stereocenters. The smallest absolute Gasteiger partial charge is 0.110 e. The third-order valence-electron chi connectivity index (χ3n) is 1.64. The van der Waals surface area contributed by atoms with E-state index in [2.05, 4.69) is 5.32 Å². The highest BCUT2D eigenvalue weighted by molar-refractivity contribution is 7.80. The molecule has 2 rings (SSSR count). The molecule has 0 amide bonds. The molecule has 2 aliphatic heterocycles. The number of ether oxygens (including phenoxy) is 1. The molecule has 2 bridgehead atoms. The molecule has 0 aromatic carbocycles. The lowest BCUT2D eigenvalue weighted by Crippen LogP contribution is -2.35. The van der Waals surface area contributed by atoms with Gasteiger partial charge in [-0.25, -0.2) is 0 Å². The molecule has 2 saturated heterocycles. The summed E-state index contributed by atoms with van der Waals surface area (Å²) in [6.45, 7) is 0.852. The third kappa shape index (κ3) is 0.485. The number of rotatable bonds is 0. The minimum absolute atomic E-state index is 0.259.